The van der Waals surface area contributed by atoms with Crippen molar-refractivity contribution in [2.75, 3.05) is 0 Å². The third kappa shape index (κ3) is 2.20. The van der Waals surface area contributed by atoms with Crippen molar-refractivity contribution in [3.05, 3.63) is 57.9 Å². The van der Waals surface area contributed by atoms with E-state index in [4.69, 9.17) is 11.5 Å². The van der Waals surface area contributed by atoms with Gasteiger partial charge in [-0.15, -0.1) is 0 Å². The molecule has 114 valence electrons. The van der Waals surface area contributed by atoms with Gasteiger partial charge in [0.2, 0.25) is 5.91 Å². The lowest BCUT2D eigenvalue weighted by molar-refractivity contribution is 0.1000. The first-order valence-electron chi connectivity index (χ1n) is 7.38. The molecule has 1 amide bonds. The van der Waals surface area contributed by atoms with Crippen molar-refractivity contribution in [2.24, 2.45) is 11.5 Å². The highest BCUT2D eigenvalue weighted by Gasteiger charge is 2.26. The zero-order valence-corrected chi connectivity index (χ0v) is 12.7. The van der Waals surface area contributed by atoms with Gasteiger partial charge in [-0.2, -0.15) is 0 Å². The molecular formula is C18H19FN2O. The Kier molecular flexibility index (Phi) is 3.49. The van der Waals surface area contributed by atoms with E-state index >= 15 is 0 Å². The Labute approximate surface area is 129 Å². The van der Waals surface area contributed by atoms with Crippen LogP contribution in [0.15, 0.2) is 24.3 Å². The molecule has 22 heavy (non-hydrogen) atoms. The maximum Gasteiger partial charge on any atom is 0.248 e. The second-order valence-corrected chi connectivity index (χ2v) is 5.98. The van der Waals surface area contributed by atoms with Crippen molar-refractivity contribution < 1.29 is 9.18 Å². The molecule has 0 aliphatic heterocycles. The van der Waals surface area contributed by atoms with Gasteiger partial charge in [0.15, 0.2) is 0 Å². The highest BCUT2D eigenvalue weighted by Crippen LogP contribution is 2.40. The predicted molar refractivity (Wildman–Crippen MR) is 85.1 cm³/mol. The number of primary amides is 1. The van der Waals surface area contributed by atoms with Crippen molar-refractivity contribution >= 4 is 5.91 Å². The lowest BCUT2D eigenvalue weighted by Gasteiger charge is -2.16. The second-order valence-electron chi connectivity index (χ2n) is 5.98. The molecule has 3 nitrogen and oxygen atoms in total. The molecule has 4 heteroatoms. The van der Waals surface area contributed by atoms with Gasteiger partial charge in [-0.25, -0.2) is 4.39 Å². The summed E-state index contributed by atoms with van der Waals surface area (Å²) < 4.78 is 14.1. The van der Waals surface area contributed by atoms with Gasteiger partial charge >= 0.3 is 0 Å². The molecule has 0 radical (unpaired) electrons. The van der Waals surface area contributed by atoms with E-state index in [0.717, 1.165) is 40.7 Å². The molecule has 2 aromatic rings. The fourth-order valence-electron chi connectivity index (χ4n) is 3.52. The molecule has 0 spiro atoms. The molecule has 0 unspecified atom stereocenters. The Morgan fingerprint density at radius 1 is 1.23 bits per heavy atom. The number of amides is 1. The predicted octanol–water partition coefficient (Wildman–Crippen LogP) is 3.15. The van der Waals surface area contributed by atoms with Gasteiger partial charge in [-0.3, -0.25) is 4.79 Å². The van der Waals surface area contributed by atoms with Gasteiger partial charge in [-0.1, -0.05) is 6.07 Å². The quantitative estimate of drug-likeness (QED) is 0.894. The van der Waals surface area contributed by atoms with Crippen molar-refractivity contribution in [3.63, 3.8) is 0 Å². The minimum atomic E-state index is -0.441. The smallest absolute Gasteiger partial charge is 0.248 e. The summed E-state index contributed by atoms with van der Waals surface area (Å²) in [5.41, 5.74) is 17.5. The fraction of sp³-hybridized carbons (Fsp3) is 0.278. The number of hydrogen-bond acceptors (Lipinski definition) is 2. The monoisotopic (exact) mass is 298 g/mol. The average molecular weight is 298 g/mol. The van der Waals surface area contributed by atoms with E-state index in [1.54, 1.807) is 12.1 Å². The van der Waals surface area contributed by atoms with Crippen LogP contribution in [0.3, 0.4) is 0 Å². The molecule has 1 aliphatic rings. The number of carbonyl (C=O) groups is 1. The van der Waals surface area contributed by atoms with Crippen molar-refractivity contribution in [1.29, 1.82) is 0 Å². The average Bonchev–Trinajstić information content (AvgIpc) is 2.83. The summed E-state index contributed by atoms with van der Waals surface area (Å²) in [6.45, 7) is 3.89. The first-order valence-corrected chi connectivity index (χ1v) is 7.38. The van der Waals surface area contributed by atoms with E-state index < -0.39 is 5.91 Å². The molecular weight excluding hydrogens is 279 g/mol. The van der Waals surface area contributed by atoms with Crippen molar-refractivity contribution in [1.82, 2.24) is 0 Å². The SMILES string of the molecule is Cc1cc(C(N)=O)cc(C)c1-c1ccc(F)c2c1CC[C@H]2N. The van der Waals surface area contributed by atoms with Crippen LogP contribution in [0, 0.1) is 19.7 Å². The van der Waals surface area contributed by atoms with Gasteiger partial charge < -0.3 is 11.5 Å². The summed E-state index contributed by atoms with van der Waals surface area (Å²) in [7, 11) is 0. The van der Waals surface area contributed by atoms with Gasteiger partial charge in [0.05, 0.1) is 0 Å². The van der Waals surface area contributed by atoms with Crippen LogP contribution in [-0.4, -0.2) is 5.91 Å². The fourth-order valence-corrected chi connectivity index (χ4v) is 3.52. The number of carbonyl (C=O) groups excluding carboxylic acids is 1. The van der Waals surface area contributed by atoms with Gasteiger partial charge in [0, 0.05) is 17.2 Å². The van der Waals surface area contributed by atoms with Crippen LogP contribution >= 0.6 is 0 Å². The van der Waals surface area contributed by atoms with Gasteiger partial charge in [0.25, 0.3) is 0 Å². The number of halogens is 1. The Morgan fingerprint density at radius 3 is 2.45 bits per heavy atom. The molecule has 3 rings (SSSR count). The van der Waals surface area contributed by atoms with E-state index in [9.17, 15) is 9.18 Å². The van der Waals surface area contributed by atoms with E-state index in [1.165, 1.54) is 6.07 Å². The Bertz CT molecular complexity index is 760. The lowest BCUT2D eigenvalue weighted by atomic mass is 9.89. The molecule has 0 aromatic heterocycles. The summed E-state index contributed by atoms with van der Waals surface area (Å²) in [5.74, 6) is -0.670. The van der Waals surface area contributed by atoms with E-state index in [2.05, 4.69) is 0 Å². The number of benzene rings is 2. The number of nitrogens with two attached hydrogens (primary N) is 2. The highest BCUT2D eigenvalue weighted by atomic mass is 19.1. The second kappa shape index (κ2) is 5.21. The van der Waals surface area contributed by atoms with Crippen LogP contribution in [0.25, 0.3) is 11.1 Å². The molecule has 2 aromatic carbocycles. The zero-order valence-electron chi connectivity index (χ0n) is 12.7. The summed E-state index contributed by atoms with van der Waals surface area (Å²) in [4.78, 5) is 11.4. The number of aryl methyl sites for hydroxylation is 2. The molecule has 4 N–H and O–H groups in total. The van der Waals surface area contributed by atoms with Crippen LogP contribution in [-0.2, 0) is 6.42 Å². The maximum absolute atomic E-state index is 14.1. The lowest BCUT2D eigenvalue weighted by Crippen LogP contribution is -2.12. The molecule has 0 fully saturated rings. The standard InChI is InChI=1S/C18H19FN2O/c1-9-7-11(18(21)22)8-10(2)16(9)12-3-5-14(19)17-13(12)4-6-15(17)20/h3,5,7-8,15H,4,6,20H2,1-2H3,(H2,21,22)/t15-/m1/s1. The molecule has 0 bridgehead atoms. The Balaban J connectivity index is 2.24. The third-order valence-corrected chi connectivity index (χ3v) is 4.47. The summed E-state index contributed by atoms with van der Waals surface area (Å²) in [6, 6.07) is 6.64. The summed E-state index contributed by atoms with van der Waals surface area (Å²) in [6.07, 6.45) is 1.54. The van der Waals surface area contributed by atoms with Gasteiger partial charge in [-0.05, 0) is 72.7 Å². The van der Waals surface area contributed by atoms with Crippen LogP contribution in [0.4, 0.5) is 4.39 Å². The Morgan fingerprint density at radius 2 is 1.86 bits per heavy atom. The maximum atomic E-state index is 14.1. The summed E-state index contributed by atoms with van der Waals surface area (Å²) in [5, 5.41) is 0. The molecule has 0 heterocycles. The van der Waals surface area contributed by atoms with Crippen molar-refractivity contribution in [3.8, 4) is 11.1 Å². The number of rotatable bonds is 2. The van der Waals surface area contributed by atoms with Crippen LogP contribution in [0.5, 0.6) is 0 Å². The molecule has 1 aliphatic carbocycles. The summed E-state index contributed by atoms with van der Waals surface area (Å²) >= 11 is 0. The van der Waals surface area contributed by atoms with Gasteiger partial charge in [0.1, 0.15) is 5.82 Å². The first kappa shape index (κ1) is 14.7. The van der Waals surface area contributed by atoms with E-state index in [1.807, 2.05) is 19.9 Å². The number of fused-ring (bicyclic) bond motifs is 1. The van der Waals surface area contributed by atoms with Crippen LogP contribution in [0.2, 0.25) is 0 Å². The molecule has 0 saturated heterocycles. The molecule has 0 saturated carbocycles. The Hall–Kier alpha value is -2.20. The third-order valence-electron chi connectivity index (χ3n) is 4.47. The zero-order chi connectivity index (χ0) is 16.0. The largest absolute Gasteiger partial charge is 0.366 e. The molecule has 1 atom stereocenters. The van der Waals surface area contributed by atoms with E-state index in [-0.39, 0.29) is 11.9 Å². The minimum Gasteiger partial charge on any atom is -0.366 e. The minimum absolute atomic E-state index is 0.229. The van der Waals surface area contributed by atoms with Crippen LogP contribution < -0.4 is 11.5 Å². The normalized spacial score (nSPS) is 16.6. The highest BCUT2D eigenvalue weighted by molar-refractivity contribution is 5.94. The van der Waals surface area contributed by atoms with Crippen molar-refractivity contribution in [2.45, 2.75) is 32.7 Å². The van der Waals surface area contributed by atoms with E-state index in [0.29, 0.717) is 11.1 Å². The van der Waals surface area contributed by atoms with Crippen LogP contribution in [0.1, 0.15) is 45.1 Å². The topological polar surface area (TPSA) is 69.1 Å². The first-order chi connectivity index (χ1) is 10.4. The number of hydrogen-bond donors (Lipinski definition) is 2.